The van der Waals surface area contributed by atoms with E-state index in [9.17, 15) is 4.79 Å². The molecule has 0 saturated heterocycles. The average molecular weight is 285 g/mol. The summed E-state index contributed by atoms with van der Waals surface area (Å²) in [5, 5.41) is 2.90. The lowest BCUT2D eigenvalue weighted by atomic mass is 10.3. The van der Waals surface area contributed by atoms with E-state index in [0.29, 0.717) is 13.1 Å². The monoisotopic (exact) mass is 284 g/mol. The van der Waals surface area contributed by atoms with Gasteiger partial charge in [-0.3, -0.25) is 4.79 Å². The summed E-state index contributed by atoms with van der Waals surface area (Å²) in [4.78, 5) is 23.5. The van der Waals surface area contributed by atoms with E-state index in [-0.39, 0.29) is 39.6 Å². The van der Waals surface area contributed by atoms with Crippen molar-refractivity contribution in [2.75, 3.05) is 6.54 Å². The van der Waals surface area contributed by atoms with Crippen molar-refractivity contribution >= 4 is 29.1 Å². The van der Waals surface area contributed by atoms with Crippen LogP contribution in [0.2, 0.25) is 10.3 Å². The van der Waals surface area contributed by atoms with Crippen LogP contribution < -0.4 is 5.32 Å². The lowest BCUT2D eigenvalue weighted by Crippen LogP contribution is -2.35. The minimum atomic E-state index is -0.317. The number of carbonyl (C=O) groups excluding carboxylic acids is 1. The molecule has 0 saturated carbocycles. The summed E-state index contributed by atoms with van der Waals surface area (Å²) in [6, 6.07) is 0. The molecular weight excluding hydrogens is 277 g/mol. The fourth-order valence-electron chi connectivity index (χ4n) is 1.69. The number of halogens is 2. The number of nitrogens with one attached hydrogen (secondary N) is 1. The number of fused-ring (bicyclic) bond motifs is 1. The second-order valence-electron chi connectivity index (χ2n) is 3.64. The van der Waals surface area contributed by atoms with Crippen molar-refractivity contribution in [3.05, 3.63) is 28.5 Å². The molecular formula is C10H7Cl2N5O. The molecule has 0 aliphatic carbocycles. The van der Waals surface area contributed by atoms with Crippen LogP contribution in [0.4, 0.5) is 0 Å². The van der Waals surface area contributed by atoms with Crippen molar-refractivity contribution in [3.8, 4) is 11.4 Å². The second-order valence-corrected chi connectivity index (χ2v) is 4.38. The topological polar surface area (TPSA) is 72.7 Å². The van der Waals surface area contributed by atoms with E-state index >= 15 is 0 Å². The molecule has 0 radical (unpaired) electrons. The molecule has 1 amide bonds. The lowest BCUT2D eigenvalue weighted by molar-refractivity contribution is 0.0922. The van der Waals surface area contributed by atoms with Gasteiger partial charge in [0, 0.05) is 19.3 Å². The fraction of sp³-hybridized carbons (Fsp3) is 0.200. The molecule has 0 unspecified atom stereocenters. The van der Waals surface area contributed by atoms with Crippen LogP contribution >= 0.6 is 23.2 Å². The first-order valence-electron chi connectivity index (χ1n) is 5.61. The zero-order valence-electron chi connectivity index (χ0n) is 9.94. The quantitative estimate of drug-likeness (QED) is 0.804. The van der Waals surface area contributed by atoms with Gasteiger partial charge in [-0.25, -0.2) is 15.0 Å². The molecule has 1 N–H and O–H groups in total. The normalized spacial score (nSPS) is 15.0. The molecule has 3 heterocycles. The zero-order chi connectivity index (χ0) is 13.6. The Hall–Kier alpha value is -1.66. The van der Waals surface area contributed by atoms with Crippen molar-refractivity contribution in [1.82, 2.24) is 24.8 Å². The van der Waals surface area contributed by atoms with E-state index in [4.69, 9.17) is 24.6 Å². The molecule has 6 nitrogen and oxygen atoms in total. The first kappa shape index (κ1) is 10.3. The minimum Gasteiger partial charge on any atom is -0.348 e. The highest BCUT2D eigenvalue weighted by atomic mass is 35.5. The molecule has 0 atom stereocenters. The number of hydrogen-bond donors (Lipinski definition) is 1. The van der Waals surface area contributed by atoms with Gasteiger partial charge in [-0.15, -0.1) is 0 Å². The number of carbonyl (C=O) groups is 1. The molecule has 2 aromatic rings. The van der Waals surface area contributed by atoms with Gasteiger partial charge in [0.25, 0.3) is 5.91 Å². The number of aromatic nitrogens is 4. The number of imidazole rings is 1. The van der Waals surface area contributed by atoms with Gasteiger partial charge in [0.05, 0.1) is 12.6 Å². The summed E-state index contributed by atoms with van der Waals surface area (Å²) >= 11 is 11.7. The smallest absolute Gasteiger partial charge is 0.287 e. The molecule has 92 valence electrons. The zero-order valence-corrected chi connectivity index (χ0v) is 10.5. The Balaban J connectivity index is 2.21. The minimum absolute atomic E-state index is 0.00854. The third-order valence-electron chi connectivity index (χ3n) is 2.48. The predicted molar refractivity (Wildman–Crippen MR) is 65.6 cm³/mol. The van der Waals surface area contributed by atoms with Crippen LogP contribution in [-0.4, -0.2) is 32.0 Å². The third kappa shape index (κ3) is 1.83. The van der Waals surface area contributed by atoms with Crippen molar-refractivity contribution < 1.29 is 6.17 Å². The van der Waals surface area contributed by atoms with Crippen molar-refractivity contribution in [2.45, 2.75) is 6.54 Å². The van der Waals surface area contributed by atoms with Gasteiger partial charge in [-0.1, -0.05) is 11.6 Å². The number of rotatable bonds is 1. The second kappa shape index (κ2) is 4.22. The van der Waals surface area contributed by atoms with E-state index in [1.807, 2.05) is 0 Å². The Kier molecular flexibility index (Phi) is 2.41. The molecule has 0 fully saturated rings. The lowest BCUT2D eigenvalue weighted by Gasteiger charge is -2.13. The van der Waals surface area contributed by atoms with Gasteiger partial charge in [0.15, 0.2) is 5.82 Å². The van der Waals surface area contributed by atoms with Gasteiger partial charge in [0.2, 0.25) is 5.28 Å². The molecule has 18 heavy (non-hydrogen) atoms. The maximum absolute atomic E-state index is 11.7. The van der Waals surface area contributed by atoms with Crippen LogP contribution in [0.1, 0.15) is 12.0 Å². The molecule has 0 spiro atoms. The van der Waals surface area contributed by atoms with Crippen LogP contribution in [0.5, 0.6) is 0 Å². The summed E-state index contributed by atoms with van der Waals surface area (Å²) in [5.74, 6) is -0.140. The molecule has 0 aromatic carbocycles. The van der Waals surface area contributed by atoms with E-state index in [1.165, 1.54) is 10.8 Å². The standard InChI is InChI=1S/C10H7Cl2N5O/c11-5-3-14-10(12)16-7(5)6-4-17-2-1-13-9(18)8(17)15-6/h3-4H,1-2H2,(H,13,18)/i4D. The van der Waals surface area contributed by atoms with Crippen LogP contribution in [0.3, 0.4) is 0 Å². The highest BCUT2D eigenvalue weighted by molar-refractivity contribution is 6.33. The van der Waals surface area contributed by atoms with Crippen molar-refractivity contribution in [3.63, 3.8) is 0 Å². The van der Waals surface area contributed by atoms with Crippen LogP contribution in [0, 0.1) is 0 Å². The maximum atomic E-state index is 11.7. The first-order chi connectivity index (χ1) is 9.08. The summed E-state index contributed by atoms with van der Waals surface area (Å²) in [7, 11) is 0. The summed E-state index contributed by atoms with van der Waals surface area (Å²) in [5.41, 5.74) is 0.475. The van der Waals surface area contributed by atoms with Gasteiger partial charge in [-0.2, -0.15) is 0 Å². The Morgan fingerprint density at radius 1 is 1.44 bits per heavy atom. The Bertz CT molecular complexity index is 687. The highest BCUT2D eigenvalue weighted by Crippen LogP contribution is 2.26. The van der Waals surface area contributed by atoms with E-state index < -0.39 is 0 Å². The SMILES string of the molecule is [2H]c1c(-c2nc(Cl)ncc2Cl)nc2n1CCNC2=O. The third-order valence-corrected chi connectivity index (χ3v) is 2.94. The van der Waals surface area contributed by atoms with Gasteiger partial charge in [-0.05, 0) is 11.6 Å². The first-order valence-corrected chi connectivity index (χ1v) is 5.87. The molecule has 3 rings (SSSR count). The molecule has 1 aliphatic heterocycles. The van der Waals surface area contributed by atoms with Crippen LogP contribution in [0.15, 0.2) is 12.4 Å². The Morgan fingerprint density at radius 2 is 2.28 bits per heavy atom. The molecule has 8 heteroatoms. The maximum Gasteiger partial charge on any atom is 0.287 e. The fourth-order valence-corrected chi connectivity index (χ4v) is 2.00. The molecule has 2 aromatic heterocycles. The summed E-state index contributed by atoms with van der Waals surface area (Å²) in [6.45, 7) is 0.953. The average Bonchev–Trinajstić information content (AvgIpc) is 2.72. The van der Waals surface area contributed by atoms with Crippen molar-refractivity contribution in [1.29, 1.82) is 0 Å². The van der Waals surface area contributed by atoms with Crippen molar-refractivity contribution in [2.24, 2.45) is 0 Å². The van der Waals surface area contributed by atoms with Gasteiger partial charge < -0.3 is 9.88 Å². The molecule has 1 aliphatic rings. The van der Waals surface area contributed by atoms with E-state index in [0.717, 1.165) is 0 Å². The van der Waals surface area contributed by atoms with Gasteiger partial charge >= 0.3 is 0 Å². The molecule has 0 bridgehead atoms. The number of nitrogens with zero attached hydrogens (tertiary/aromatic N) is 4. The Labute approximate surface area is 113 Å². The number of amides is 1. The Morgan fingerprint density at radius 3 is 3.06 bits per heavy atom. The van der Waals surface area contributed by atoms with E-state index in [2.05, 4.69) is 20.3 Å². The van der Waals surface area contributed by atoms with Gasteiger partial charge in [0.1, 0.15) is 11.4 Å². The largest absolute Gasteiger partial charge is 0.348 e. The van der Waals surface area contributed by atoms with Crippen LogP contribution in [0.25, 0.3) is 11.4 Å². The summed E-state index contributed by atoms with van der Waals surface area (Å²) < 4.78 is 9.57. The number of hydrogen-bond acceptors (Lipinski definition) is 4. The predicted octanol–water partition coefficient (Wildman–Crippen LogP) is 1.39. The van der Waals surface area contributed by atoms with Crippen LogP contribution in [-0.2, 0) is 6.54 Å². The summed E-state index contributed by atoms with van der Waals surface area (Å²) in [6.07, 6.45) is 1.42. The van der Waals surface area contributed by atoms with E-state index in [1.54, 1.807) is 0 Å². The highest BCUT2D eigenvalue weighted by Gasteiger charge is 2.21.